The van der Waals surface area contributed by atoms with Gasteiger partial charge in [-0.1, -0.05) is 49.9 Å². The monoisotopic (exact) mass is 326 g/mol. The molecule has 2 aromatic rings. The molecular formula is C19H22N2O3. The predicted molar refractivity (Wildman–Crippen MR) is 96.2 cm³/mol. The minimum Gasteiger partial charge on any atom is -0.507 e. The Hall–Kier alpha value is -2.82. The van der Waals surface area contributed by atoms with Crippen LogP contribution in [0.5, 0.6) is 5.75 Å². The topological polar surface area (TPSA) is 63.8 Å². The van der Waals surface area contributed by atoms with Gasteiger partial charge in [0.25, 0.3) is 5.56 Å². The molecule has 0 fully saturated rings. The van der Waals surface area contributed by atoms with Crippen LogP contribution >= 0.6 is 0 Å². The van der Waals surface area contributed by atoms with Crippen molar-refractivity contribution in [1.29, 1.82) is 0 Å². The van der Waals surface area contributed by atoms with Crippen molar-refractivity contribution in [2.75, 3.05) is 6.61 Å². The van der Waals surface area contributed by atoms with Gasteiger partial charge in [-0.05, 0) is 25.0 Å². The number of benzene rings is 1. The minimum absolute atomic E-state index is 0.0621. The summed E-state index contributed by atoms with van der Waals surface area (Å²) >= 11 is 0. The van der Waals surface area contributed by atoms with Crippen LogP contribution in [0.2, 0.25) is 0 Å². The molecule has 0 unspecified atom stereocenters. The fraction of sp³-hybridized carbons (Fsp3) is 0.263. The summed E-state index contributed by atoms with van der Waals surface area (Å²) in [4.78, 5) is 18.1. The molecule has 2 rings (SSSR count). The summed E-state index contributed by atoms with van der Waals surface area (Å²) in [6, 6.07) is 10.9. The van der Waals surface area contributed by atoms with Crippen LogP contribution in [0.25, 0.3) is 5.69 Å². The van der Waals surface area contributed by atoms with E-state index in [4.69, 9.17) is 4.84 Å². The second-order valence-electron chi connectivity index (χ2n) is 5.72. The van der Waals surface area contributed by atoms with Crippen LogP contribution in [0.1, 0.15) is 37.9 Å². The molecule has 5 heteroatoms. The summed E-state index contributed by atoms with van der Waals surface area (Å²) in [5.74, 6) is -0.0357. The van der Waals surface area contributed by atoms with Gasteiger partial charge in [-0.15, -0.1) is 0 Å². The molecule has 1 heterocycles. The van der Waals surface area contributed by atoms with E-state index in [9.17, 15) is 9.90 Å². The highest BCUT2D eigenvalue weighted by Crippen LogP contribution is 2.24. The highest BCUT2D eigenvalue weighted by atomic mass is 16.6. The predicted octanol–water partition coefficient (Wildman–Crippen LogP) is 3.59. The van der Waals surface area contributed by atoms with E-state index in [0.717, 1.165) is 11.4 Å². The number of hydrogen-bond acceptors (Lipinski definition) is 4. The van der Waals surface area contributed by atoms with Crippen molar-refractivity contribution < 1.29 is 9.94 Å². The Morgan fingerprint density at radius 3 is 2.62 bits per heavy atom. The van der Waals surface area contributed by atoms with Crippen molar-refractivity contribution in [3.63, 3.8) is 0 Å². The number of nitrogens with zero attached hydrogens (tertiary/aromatic N) is 2. The highest BCUT2D eigenvalue weighted by molar-refractivity contribution is 6.00. The number of hydrogen-bond donors (Lipinski definition) is 1. The Morgan fingerprint density at radius 2 is 2.04 bits per heavy atom. The maximum atomic E-state index is 13.0. The van der Waals surface area contributed by atoms with Gasteiger partial charge in [0.05, 0.1) is 5.71 Å². The SMILES string of the molecule is C=CCO/N=C(\C)c1c(O)cc(C(C)C)n(-c2ccccc2)c1=O. The second-order valence-corrected chi connectivity index (χ2v) is 5.72. The van der Waals surface area contributed by atoms with Gasteiger partial charge in [-0.25, -0.2) is 0 Å². The zero-order valence-corrected chi connectivity index (χ0v) is 14.2. The van der Waals surface area contributed by atoms with E-state index in [2.05, 4.69) is 11.7 Å². The summed E-state index contributed by atoms with van der Waals surface area (Å²) in [6.07, 6.45) is 1.56. The number of pyridine rings is 1. The summed E-state index contributed by atoms with van der Waals surface area (Å²) < 4.78 is 1.60. The first-order chi connectivity index (χ1) is 11.5. The molecule has 0 aliphatic carbocycles. The second kappa shape index (κ2) is 7.64. The third-order valence-electron chi connectivity index (χ3n) is 3.58. The third kappa shape index (κ3) is 3.56. The van der Waals surface area contributed by atoms with Gasteiger partial charge in [0.2, 0.25) is 0 Å². The lowest BCUT2D eigenvalue weighted by molar-refractivity contribution is 0.175. The molecule has 0 radical (unpaired) electrons. The van der Waals surface area contributed by atoms with Crippen molar-refractivity contribution in [1.82, 2.24) is 4.57 Å². The summed E-state index contributed by atoms with van der Waals surface area (Å²) in [7, 11) is 0. The Morgan fingerprint density at radius 1 is 1.38 bits per heavy atom. The van der Waals surface area contributed by atoms with Crippen LogP contribution < -0.4 is 5.56 Å². The third-order valence-corrected chi connectivity index (χ3v) is 3.58. The molecule has 0 aliphatic rings. The number of aromatic nitrogens is 1. The average Bonchev–Trinajstić information content (AvgIpc) is 2.55. The first-order valence-corrected chi connectivity index (χ1v) is 7.79. The normalized spacial score (nSPS) is 11.6. The molecule has 1 N–H and O–H groups in total. The standard InChI is InChI=1S/C19H22N2O3/c1-5-11-24-20-14(4)18-17(22)12-16(13(2)3)21(19(18)23)15-9-7-6-8-10-15/h5-10,12-13,22H,1,11H2,2-4H3/b20-14+. The maximum Gasteiger partial charge on any atom is 0.268 e. The van der Waals surface area contributed by atoms with E-state index in [1.807, 2.05) is 44.2 Å². The molecule has 0 amide bonds. The van der Waals surface area contributed by atoms with Gasteiger partial charge in [0, 0.05) is 17.4 Å². The Balaban J connectivity index is 2.69. The van der Waals surface area contributed by atoms with E-state index in [1.54, 1.807) is 23.6 Å². The molecule has 24 heavy (non-hydrogen) atoms. The van der Waals surface area contributed by atoms with E-state index in [-0.39, 0.29) is 29.4 Å². The van der Waals surface area contributed by atoms with E-state index in [1.165, 1.54) is 0 Å². The maximum absolute atomic E-state index is 13.0. The zero-order valence-electron chi connectivity index (χ0n) is 14.2. The van der Waals surface area contributed by atoms with Gasteiger partial charge < -0.3 is 9.94 Å². The molecule has 126 valence electrons. The Labute approximate surface area is 141 Å². The Kier molecular flexibility index (Phi) is 5.58. The van der Waals surface area contributed by atoms with Crippen LogP contribution in [0.3, 0.4) is 0 Å². The lowest BCUT2D eigenvalue weighted by Crippen LogP contribution is -2.28. The molecule has 0 atom stereocenters. The van der Waals surface area contributed by atoms with Crippen LogP contribution in [-0.4, -0.2) is 22.0 Å². The first kappa shape index (κ1) is 17.5. The van der Waals surface area contributed by atoms with Crippen molar-refractivity contribution in [2.45, 2.75) is 26.7 Å². The molecule has 0 spiro atoms. The summed E-state index contributed by atoms with van der Waals surface area (Å²) in [5, 5.41) is 14.2. The number of para-hydroxylation sites is 1. The van der Waals surface area contributed by atoms with Crippen LogP contribution in [-0.2, 0) is 4.84 Å². The van der Waals surface area contributed by atoms with E-state index < -0.39 is 0 Å². The van der Waals surface area contributed by atoms with Crippen LogP contribution in [0.15, 0.2) is 59.0 Å². The van der Waals surface area contributed by atoms with Crippen molar-refractivity contribution in [3.05, 3.63) is 70.7 Å². The zero-order chi connectivity index (χ0) is 17.7. The quantitative estimate of drug-likeness (QED) is 0.382. The fourth-order valence-corrected chi connectivity index (χ4v) is 2.46. The van der Waals surface area contributed by atoms with Gasteiger partial charge in [0.1, 0.15) is 17.9 Å². The van der Waals surface area contributed by atoms with Gasteiger partial charge in [0.15, 0.2) is 0 Å². The Bertz CT molecular complexity index is 805. The largest absolute Gasteiger partial charge is 0.507 e. The lowest BCUT2D eigenvalue weighted by atomic mass is 10.0. The molecule has 5 nitrogen and oxygen atoms in total. The molecule has 0 saturated carbocycles. The fourth-order valence-electron chi connectivity index (χ4n) is 2.46. The van der Waals surface area contributed by atoms with Gasteiger partial charge >= 0.3 is 0 Å². The number of rotatable bonds is 6. The van der Waals surface area contributed by atoms with Gasteiger partial charge in [-0.2, -0.15) is 0 Å². The molecule has 1 aromatic carbocycles. The molecule has 0 aliphatic heterocycles. The van der Waals surface area contributed by atoms with Crippen molar-refractivity contribution in [2.24, 2.45) is 5.16 Å². The molecular weight excluding hydrogens is 304 g/mol. The van der Waals surface area contributed by atoms with Gasteiger partial charge in [-0.3, -0.25) is 9.36 Å². The number of oxime groups is 1. The van der Waals surface area contributed by atoms with E-state index >= 15 is 0 Å². The summed E-state index contributed by atoms with van der Waals surface area (Å²) in [5.41, 5.74) is 1.60. The van der Waals surface area contributed by atoms with Crippen molar-refractivity contribution >= 4 is 5.71 Å². The molecule has 0 saturated heterocycles. The molecule has 1 aromatic heterocycles. The lowest BCUT2D eigenvalue weighted by Gasteiger charge is -2.18. The smallest absolute Gasteiger partial charge is 0.268 e. The number of aromatic hydroxyl groups is 1. The highest BCUT2D eigenvalue weighted by Gasteiger charge is 2.19. The molecule has 0 bridgehead atoms. The first-order valence-electron chi connectivity index (χ1n) is 7.79. The minimum atomic E-state index is -0.326. The van der Waals surface area contributed by atoms with Crippen molar-refractivity contribution in [3.8, 4) is 11.4 Å². The van der Waals surface area contributed by atoms with Crippen LogP contribution in [0, 0.1) is 0 Å². The van der Waals surface area contributed by atoms with Crippen LogP contribution in [0.4, 0.5) is 0 Å². The summed E-state index contributed by atoms with van der Waals surface area (Å²) in [6.45, 7) is 9.35. The average molecular weight is 326 g/mol. The van der Waals surface area contributed by atoms with E-state index in [0.29, 0.717) is 5.71 Å².